The lowest BCUT2D eigenvalue weighted by Gasteiger charge is -2.46. The van der Waals surface area contributed by atoms with Crippen molar-refractivity contribution < 1.29 is 32.6 Å². The number of alkyl halides is 3. The molecule has 174 valence electrons. The third kappa shape index (κ3) is 4.29. The minimum atomic E-state index is -5.08. The molecule has 0 aromatic carbocycles. The van der Waals surface area contributed by atoms with Gasteiger partial charge in [-0.3, -0.25) is 4.79 Å². The van der Waals surface area contributed by atoms with Crippen LogP contribution >= 0.6 is 0 Å². The van der Waals surface area contributed by atoms with Gasteiger partial charge >= 0.3 is 12.1 Å². The molecule has 1 unspecified atom stereocenters. The SMILES string of the molecule is CCOCC(=O)N1CCC2(C1)c1cccn1-c1ncccc1N2CC.O=C(O)C(F)(F)F. The Morgan fingerprint density at radius 2 is 1.97 bits per heavy atom. The minimum absolute atomic E-state index is 0.0740. The third-order valence-corrected chi connectivity index (χ3v) is 5.62. The highest BCUT2D eigenvalue weighted by molar-refractivity contribution is 5.78. The molecule has 2 aliphatic rings. The molecule has 4 heterocycles. The number of carboxylic acid groups (broad SMARTS) is 1. The van der Waals surface area contributed by atoms with Gasteiger partial charge in [-0.05, 0) is 44.5 Å². The third-order valence-electron chi connectivity index (χ3n) is 5.62. The predicted octanol–water partition coefficient (Wildman–Crippen LogP) is 2.81. The van der Waals surface area contributed by atoms with Crippen molar-refractivity contribution in [3.05, 3.63) is 42.4 Å². The normalized spacial score (nSPS) is 19.3. The average Bonchev–Trinajstić information content (AvgIpc) is 3.41. The fraction of sp³-hybridized carbons (Fsp3) is 0.476. The molecule has 1 saturated heterocycles. The predicted molar refractivity (Wildman–Crippen MR) is 110 cm³/mol. The van der Waals surface area contributed by atoms with Crippen molar-refractivity contribution in [2.75, 3.05) is 37.7 Å². The maximum absolute atomic E-state index is 12.5. The molecule has 11 heteroatoms. The van der Waals surface area contributed by atoms with E-state index in [2.05, 4.69) is 45.8 Å². The van der Waals surface area contributed by atoms with Crippen molar-refractivity contribution in [1.29, 1.82) is 0 Å². The van der Waals surface area contributed by atoms with Crippen LogP contribution in [-0.2, 0) is 19.9 Å². The lowest BCUT2D eigenvalue weighted by Crippen LogP contribution is -2.52. The second kappa shape index (κ2) is 9.19. The van der Waals surface area contributed by atoms with E-state index in [-0.39, 0.29) is 18.1 Å². The van der Waals surface area contributed by atoms with Crippen LogP contribution in [0.1, 0.15) is 26.0 Å². The fourth-order valence-corrected chi connectivity index (χ4v) is 4.29. The summed E-state index contributed by atoms with van der Waals surface area (Å²) in [7, 11) is 0. The van der Waals surface area contributed by atoms with Crippen molar-refractivity contribution in [3.8, 4) is 5.82 Å². The van der Waals surface area contributed by atoms with E-state index in [1.54, 1.807) is 0 Å². The molecular weight excluding hydrogens is 429 g/mol. The second-order valence-corrected chi connectivity index (χ2v) is 7.39. The lowest BCUT2D eigenvalue weighted by molar-refractivity contribution is -0.192. The summed E-state index contributed by atoms with van der Waals surface area (Å²) in [4.78, 5) is 30.3. The highest BCUT2D eigenvalue weighted by atomic mass is 19.4. The molecular formula is C21H25F3N4O4. The van der Waals surface area contributed by atoms with Gasteiger partial charge in [-0.2, -0.15) is 13.2 Å². The van der Waals surface area contributed by atoms with Gasteiger partial charge in [0.2, 0.25) is 5.91 Å². The number of fused-ring (bicyclic) bond motifs is 4. The largest absolute Gasteiger partial charge is 0.490 e. The number of likely N-dealkylation sites (N-methyl/N-ethyl adjacent to an activating group) is 1. The van der Waals surface area contributed by atoms with Crippen molar-refractivity contribution in [3.63, 3.8) is 0 Å². The molecule has 32 heavy (non-hydrogen) atoms. The summed E-state index contributed by atoms with van der Waals surface area (Å²) in [5.41, 5.74) is 2.15. The smallest absolute Gasteiger partial charge is 0.475 e. The van der Waals surface area contributed by atoms with E-state index in [1.807, 2.05) is 24.1 Å². The number of hydrogen-bond acceptors (Lipinski definition) is 5. The van der Waals surface area contributed by atoms with Crippen LogP contribution in [0.4, 0.5) is 18.9 Å². The van der Waals surface area contributed by atoms with Crippen molar-refractivity contribution in [1.82, 2.24) is 14.5 Å². The zero-order valence-electron chi connectivity index (χ0n) is 17.8. The summed E-state index contributed by atoms with van der Waals surface area (Å²) >= 11 is 0. The molecule has 2 aromatic rings. The van der Waals surface area contributed by atoms with E-state index in [4.69, 9.17) is 14.6 Å². The Balaban J connectivity index is 0.000000360. The number of likely N-dealkylation sites (tertiary alicyclic amines) is 1. The van der Waals surface area contributed by atoms with E-state index in [0.717, 1.165) is 31.0 Å². The highest BCUT2D eigenvalue weighted by Gasteiger charge is 2.50. The standard InChI is InChI=1S/C19H24N4O2.C2HF3O2/c1-3-23-15-7-5-10-20-18(15)22-11-6-8-16(22)19(23)9-12-21(14-19)17(24)13-25-4-2;3-2(4,5)1(6)7/h5-8,10-11H,3-4,9,12-14H2,1-2H3;(H,6,7). The molecule has 0 radical (unpaired) electrons. The van der Waals surface area contributed by atoms with E-state index in [0.29, 0.717) is 13.2 Å². The number of hydrogen-bond donors (Lipinski definition) is 1. The Morgan fingerprint density at radius 1 is 1.25 bits per heavy atom. The number of carboxylic acids is 1. The molecule has 1 N–H and O–H groups in total. The molecule has 0 aliphatic carbocycles. The van der Waals surface area contributed by atoms with Crippen LogP contribution in [0.5, 0.6) is 0 Å². The molecule has 2 aromatic heterocycles. The van der Waals surface area contributed by atoms with Crippen LogP contribution in [0.15, 0.2) is 36.7 Å². The first-order valence-electron chi connectivity index (χ1n) is 10.2. The Morgan fingerprint density at radius 3 is 2.59 bits per heavy atom. The lowest BCUT2D eigenvalue weighted by atomic mass is 9.89. The zero-order chi connectivity index (χ0) is 23.5. The Bertz CT molecular complexity index is 978. The number of ether oxygens (including phenoxy) is 1. The first kappa shape index (κ1) is 23.6. The van der Waals surface area contributed by atoms with Crippen LogP contribution in [0, 0.1) is 0 Å². The number of anilines is 1. The second-order valence-electron chi connectivity index (χ2n) is 7.39. The zero-order valence-corrected chi connectivity index (χ0v) is 17.8. The van der Waals surface area contributed by atoms with Crippen LogP contribution in [0.25, 0.3) is 5.82 Å². The minimum Gasteiger partial charge on any atom is -0.475 e. The number of aromatic nitrogens is 2. The van der Waals surface area contributed by atoms with Gasteiger partial charge in [-0.25, -0.2) is 9.78 Å². The quantitative estimate of drug-likeness (QED) is 0.765. The number of rotatable bonds is 4. The molecule has 1 spiro atoms. The first-order valence-corrected chi connectivity index (χ1v) is 10.2. The molecule has 0 saturated carbocycles. The molecule has 1 fully saturated rings. The van der Waals surface area contributed by atoms with Crippen LogP contribution in [-0.4, -0.2) is 70.5 Å². The summed E-state index contributed by atoms with van der Waals surface area (Å²) in [6.45, 7) is 7.12. The molecule has 2 aliphatic heterocycles. The number of aliphatic carboxylic acids is 1. The van der Waals surface area contributed by atoms with Gasteiger partial charge in [0.05, 0.1) is 16.9 Å². The topological polar surface area (TPSA) is 87.9 Å². The van der Waals surface area contributed by atoms with E-state index in [9.17, 15) is 18.0 Å². The number of carbonyl (C=O) groups is 2. The van der Waals surface area contributed by atoms with Gasteiger partial charge in [0.1, 0.15) is 6.61 Å². The van der Waals surface area contributed by atoms with Crippen molar-refractivity contribution in [2.45, 2.75) is 32.0 Å². The number of nitrogens with zero attached hydrogens (tertiary/aromatic N) is 4. The van der Waals surface area contributed by atoms with E-state index >= 15 is 0 Å². The van der Waals surface area contributed by atoms with Gasteiger partial charge in [0.25, 0.3) is 0 Å². The van der Waals surface area contributed by atoms with E-state index < -0.39 is 12.1 Å². The summed E-state index contributed by atoms with van der Waals surface area (Å²) < 4.78 is 39.2. The highest BCUT2D eigenvalue weighted by Crippen LogP contribution is 2.46. The van der Waals surface area contributed by atoms with Crippen LogP contribution in [0.2, 0.25) is 0 Å². The van der Waals surface area contributed by atoms with Crippen LogP contribution in [0.3, 0.4) is 0 Å². The Labute approximate surface area is 183 Å². The summed E-state index contributed by atoms with van der Waals surface area (Å²) in [5, 5.41) is 7.12. The molecule has 1 amide bonds. The Kier molecular flexibility index (Phi) is 6.77. The summed E-state index contributed by atoms with van der Waals surface area (Å²) in [6, 6.07) is 8.34. The number of carbonyl (C=O) groups excluding carboxylic acids is 1. The van der Waals surface area contributed by atoms with E-state index in [1.165, 1.54) is 5.69 Å². The first-order chi connectivity index (χ1) is 15.2. The fourth-order valence-electron chi connectivity index (χ4n) is 4.29. The monoisotopic (exact) mass is 454 g/mol. The summed E-state index contributed by atoms with van der Waals surface area (Å²) in [6.07, 6.45) is -0.265. The molecule has 8 nitrogen and oxygen atoms in total. The van der Waals surface area contributed by atoms with Crippen molar-refractivity contribution >= 4 is 17.6 Å². The van der Waals surface area contributed by atoms with Gasteiger partial charge in [-0.1, -0.05) is 0 Å². The van der Waals surface area contributed by atoms with Gasteiger partial charge in [0, 0.05) is 38.6 Å². The van der Waals surface area contributed by atoms with Gasteiger partial charge in [0.15, 0.2) is 5.82 Å². The molecule has 1 atom stereocenters. The van der Waals surface area contributed by atoms with Crippen LogP contribution < -0.4 is 4.90 Å². The van der Waals surface area contributed by atoms with Crippen molar-refractivity contribution in [2.24, 2.45) is 0 Å². The number of amides is 1. The average molecular weight is 454 g/mol. The number of pyridine rings is 1. The molecule has 0 bridgehead atoms. The number of halogens is 3. The van der Waals surface area contributed by atoms with Gasteiger partial charge < -0.3 is 24.2 Å². The summed E-state index contributed by atoms with van der Waals surface area (Å²) in [5.74, 6) is -1.72. The maximum atomic E-state index is 12.5. The maximum Gasteiger partial charge on any atom is 0.490 e. The van der Waals surface area contributed by atoms with Gasteiger partial charge in [-0.15, -0.1) is 0 Å². The molecule has 4 rings (SSSR count). The Hall–Kier alpha value is -3.08.